The monoisotopic (exact) mass is 306 g/mol. The molecule has 0 aliphatic heterocycles. The third-order valence-corrected chi connectivity index (χ3v) is 3.32. The molecule has 21 heavy (non-hydrogen) atoms. The topological polar surface area (TPSA) is 64.3 Å². The van der Waals surface area contributed by atoms with Crippen molar-refractivity contribution in [1.29, 1.82) is 0 Å². The molecule has 2 N–H and O–H groups in total. The molecule has 2 rings (SSSR count). The molecule has 0 saturated heterocycles. The molecule has 0 fully saturated rings. The van der Waals surface area contributed by atoms with E-state index >= 15 is 0 Å². The molecule has 1 aromatic carbocycles. The van der Waals surface area contributed by atoms with Gasteiger partial charge in [-0.1, -0.05) is 18.5 Å². The first-order chi connectivity index (χ1) is 10.1. The van der Waals surface area contributed by atoms with Gasteiger partial charge in [0.2, 0.25) is 5.88 Å². The van der Waals surface area contributed by atoms with Crippen LogP contribution in [0.1, 0.15) is 18.9 Å². The molecule has 0 atom stereocenters. The highest BCUT2D eigenvalue weighted by Crippen LogP contribution is 2.23. The van der Waals surface area contributed by atoms with Crippen LogP contribution in [0.15, 0.2) is 30.6 Å². The molecule has 1 heterocycles. The van der Waals surface area contributed by atoms with Crippen molar-refractivity contribution in [2.45, 2.75) is 19.9 Å². The van der Waals surface area contributed by atoms with Gasteiger partial charge in [0.25, 0.3) is 0 Å². The van der Waals surface area contributed by atoms with E-state index in [-0.39, 0.29) is 0 Å². The van der Waals surface area contributed by atoms with E-state index in [1.165, 1.54) is 6.33 Å². The fraction of sp³-hybridized carbons (Fsp3) is 0.333. The highest BCUT2D eigenvalue weighted by molar-refractivity contribution is 6.31. The first-order valence-electron chi connectivity index (χ1n) is 6.80. The second-order valence-electron chi connectivity index (χ2n) is 4.77. The fourth-order valence-corrected chi connectivity index (χ4v) is 2.05. The van der Waals surface area contributed by atoms with Crippen molar-refractivity contribution in [2.24, 2.45) is 0 Å². The van der Waals surface area contributed by atoms with Gasteiger partial charge in [-0.2, -0.15) is 0 Å². The minimum Gasteiger partial charge on any atom is -0.478 e. The van der Waals surface area contributed by atoms with Crippen LogP contribution in [0, 0.1) is 0 Å². The van der Waals surface area contributed by atoms with Gasteiger partial charge in [-0.25, -0.2) is 9.97 Å². The predicted molar refractivity (Wildman–Crippen MR) is 85.8 cm³/mol. The lowest BCUT2D eigenvalue weighted by molar-refractivity contribution is 0.304. The Balaban J connectivity index is 2.12. The van der Waals surface area contributed by atoms with Crippen LogP contribution in [0.4, 0.5) is 11.5 Å². The van der Waals surface area contributed by atoms with E-state index in [9.17, 15) is 0 Å². The number of nitrogens with zero attached hydrogens (tertiary/aromatic N) is 3. The number of rotatable bonds is 6. The maximum atomic E-state index is 6.19. The molecule has 2 aromatic rings. The number of benzene rings is 1. The van der Waals surface area contributed by atoms with Crippen LogP contribution >= 0.6 is 11.6 Å². The zero-order chi connectivity index (χ0) is 15.2. The van der Waals surface area contributed by atoms with Gasteiger partial charge in [-0.05, 0) is 30.2 Å². The summed E-state index contributed by atoms with van der Waals surface area (Å²) < 4.78 is 5.52. The van der Waals surface area contributed by atoms with Crippen molar-refractivity contribution < 1.29 is 4.74 Å². The maximum Gasteiger partial charge on any atom is 0.218 e. The quantitative estimate of drug-likeness (QED) is 0.831. The van der Waals surface area contributed by atoms with Crippen LogP contribution in [-0.2, 0) is 6.54 Å². The summed E-state index contributed by atoms with van der Waals surface area (Å²) in [5.74, 6) is 1.35. The Kier molecular flexibility index (Phi) is 5.22. The van der Waals surface area contributed by atoms with Crippen LogP contribution in [-0.4, -0.2) is 23.6 Å². The number of nitrogen functional groups attached to an aromatic ring is 1. The van der Waals surface area contributed by atoms with Gasteiger partial charge >= 0.3 is 0 Å². The first kappa shape index (κ1) is 15.4. The summed E-state index contributed by atoms with van der Waals surface area (Å²) in [5, 5.41) is 0.688. The van der Waals surface area contributed by atoms with Gasteiger partial charge < -0.3 is 15.4 Å². The van der Waals surface area contributed by atoms with Crippen molar-refractivity contribution in [1.82, 2.24) is 9.97 Å². The Hall–Kier alpha value is -2.01. The van der Waals surface area contributed by atoms with Crippen LogP contribution in [0.5, 0.6) is 5.88 Å². The van der Waals surface area contributed by atoms with E-state index in [1.54, 1.807) is 12.1 Å². The average Bonchev–Trinajstić information content (AvgIpc) is 2.49. The zero-order valence-electron chi connectivity index (χ0n) is 12.2. The second-order valence-corrected chi connectivity index (χ2v) is 5.18. The molecule has 0 amide bonds. The van der Waals surface area contributed by atoms with E-state index in [1.807, 2.05) is 24.1 Å². The van der Waals surface area contributed by atoms with Gasteiger partial charge in [0.05, 0.1) is 6.61 Å². The molecule has 0 aliphatic carbocycles. The smallest absolute Gasteiger partial charge is 0.218 e. The molecule has 112 valence electrons. The van der Waals surface area contributed by atoms with Gasteiger partial charge in [0, 0.05) is 30.4 Å². The summed E-state index contributed by atoms with van der Waals surface area (Å²) in [6.07, 6.45) is 2.44. The van der Waals surface area contributed by atoms with E-state index in [4.69, 9.17) is 22.1 Å². The molecule has 1 aromatic heterocycles. The number of ether oxygens (including phenoxy) is 1. The van der Waals surface area contributed by atoms with E-state index < -0.39 is 0 Å². The Morgan fingerprint density at radius 2 is 2.10 bits per heavy atom. The lowest BCUT2D eigenvalue weighted by Gasteiger charge is -2.19. The normalized spacial score (nSPS) is 10.4. The van der Waals surface area contributed by atoms with Crippen molar-refractivity contribution >= 4 is 23.1 Å². The molecule has 0 aliphatic rings. The minimum atomic E-state index is 0.576. The second kappa shape index (κ2) is 7.13. The van der Waals surface area contributed by atoms with Crippen LogP contribution in [0.3, 0.4) is 0 Å². The lowest BCUT2D eigenvalue weighted by Crippen LogP contribution is -2.18. The Morgan fingerprint density at radius 1 is 1.29 bits per heavy atom. The van der Waals surface area contributed by atoms with Gasteiger partial charge in [0.1, 0.15) is 12.1 Å². The summed E-state index contributed by atoms with van der Waals surface area (Å²) >= 11 is 6.19. The first-order valence-corrected chi connectivity index (χ1v) is 7.18. The molecule has 5 nitrogen and oxygen atoms in total. The van der Waals surface area contributed by atoms with Crippen LogP contribution in [0.25, 0.3) is 0 Å². The highest BCUT2D eigenvalue weighted by Gasteiger charge is 2.09. The fourth-order valence-electron chi connectivity index (χ4n) is 1.88. The molecular weight excluding hydrogens is 288 g/mol. The van der Waals surface area contributed by atoms with Crippen LogP contribution in [0.2, 0.25) is 5.02 Å². The highest BCUT2D eigenvalue weighted by atomic mass is 35.5. The van der Waals surface area contributed by atoms with Gasteiger partial charge in [-0.3, -0.25) is 0 Å². The van der Waals surface area contributed by atoms with E-state index in [0.29, 0.717) is 29.7 Å². The van der Waals surface area contributed by atoms with Crippen molar-refractivity contribution in [3.8, 4) is 5.88 Å². The standard InChI is InChI=1S/C15H19ClN4O/c1-3-6-21-15-8-14(18-10-19-15)20(2)9-11-7-12(17)4-5-13(11)16/h4-5,7-8,10H,3,6,9,17H2,1-2H3. The summed E-state index contributed by atoms with van der Waals surface area (Å²) in [6, 6.07) is 7.27. The van der Waals surface area contributed by atoms with Crippen LogP contribution < -0.4 is 15.4 Å². The average molecular weight is 307 g/mol. The maximum absolute atomic E-state index is 6.19. The van der Waals surface area contributed by atoms with Crippen molar-refractivity contribution in [3.05, 3.63) is 41.2 Å². The Labute approximate surface area is 129 Å². The third kappa shape index (κ3) is 4.23. The van der Waals surface area contributed by atoms with Gasteiger partial charge in [-0.15, -0.1) is 0 Å². The molecule has 0 saturated carbocycles. The molecule has 0 spiro atoms. The largest absolute Gasteiger partial charge is 0.478 e. The van der Waals surface area contributed by atoms with Gasteiger partial charge in [0.15, 0.2) is 0 Å². The van der Waals surface area contributed by atoms with E-state index in [0.717, 1.165) is 17.8 Å². The number of hydrogen-bond acceptors (Lipinski definition) is 5. The summed E-state index contributed by atoms with van der Waals surface area (Å²) in [5.41, 5.74) is 7.44. The molecular formula is C15H19ClN4O. The number of halogens is 1. The van der Waals surface area contributed by atoms with E-state index in [2.05, 4.69) is 16.9 Å². The zero-order valence-corrected chi connectivity index (χ0v) is 13.0. The molecule has 6 heteroatoms. The Bertz CT molecular complexity index is 606. The molecule has 0 radical (unpaired) electrons. The summed E-state index contributed by atoms with van der Waals surface area (Å²) in [6.45, 7) is 3.30. The molecule has 0 bridgehead atoms. The SMILES string of the molecule is CCCOc1cc(N(C)Cc2cc(N)ccc2Cl)ncn1. The predicted octanol–water partition coefficient (Wildman–Crippen LogP) is 3.14. The number of aromatic nitrogens is 2. The summed E-state index contributed by atoms with van der Waals surface area (Å²) in [4.78, 5) is 10.3. The third-order valence-electron chi connectivity index (χ3n) is 2.95. The number of nitrogens with two attached hydrogens (primary N) is 1. The summed E-state index contributed by atoms with van der Waals surface area (Å²) in [7, 11) is 1.94. The number of hydrogen-bond donors (Lipinski definition) is 1. The number of anilines is 2. The lowest BCUT2D eigenvalue weighted by atomic mass is 10.2. The van der Waals surface area contributed by atoms with Crippen molar-refractivity contribution in [2.75, 3.05) is 24.3 Å². The Morgan fingerprint density at radius 3 is 2.86 bits per heavy atom. The minimum absolute atomic E-state index is 0.576. The van der Waals surface area contributed by atoms with Crippen molar-refractivity contribution in [3.63, 3.8) is 0 Å². The molecule has 0 unspecified atom stereocenters.